The lowest BCUT2D eigenvalue weighted by Gasteiger charge is -2.17. The molecular weight excluding hydrogens is 142 g/mol. The van der Waals surface area contributed by atoms with Gasteiger partial charge in [-0.15, -0.1) is 0 Å². The minimum Gasteiger partial charge on any atom is -0.323 e. The minimum absolute atomic E-state index is 0.229. The van der Waals surface area contributed by atoms with Crippen LogP contribution in [0.15, 0.2) is 12.2 Å². The van der Waals surface area contributed by atoms with Gasteiger partial charge in [0.2, 0.25) is 0 Å². The third kappa shape index (κ3) is 1.77. The highest BCUT2D eigenvalue weighted by atomic mass is 32.2. The fourth-order valence-electron chi connectivity index (χ4n) is 1.20. The second kappa shape index (κ2) is 3.44. The van der Waals surface area contributed by atoms with Crippen LogP contribution in [0.3, 0.4) is 0 Å². The van der Waals surface area contributed by atoms with Gasteiger partial charge in [-0.1, -0.05) is 12.2 Å². The van der Waals surface area contributed by atoms with Gasteiger partial charge >= 0.3 is 0 Å². The van der Waals surface area contributed by atoms with Crippen LogP contribution in [-0.2, 0) is 0 Å². The molecule has 0 bridgehead atoms. The van der Waals surface area contributed by atoms with E-state index in [1.807, 2.05) is 18.7 Å². The van der Waals surface area contributed by atoms with Crippen molar-refractivity contribution in [1.82, 2.24) is 0 Å². The smallest absolute Gasteiger partial charge is 0.0369 e. The lowest BCUT2D eigenvalue weighted by molar-refractivity contribution is 0.679. The van der Waals surface area contributed by atoms with Gasteiger partial charge in [0.05, 0.1) is 0 Å². The van der Waals surface area contributed by atoms with Crippen LogP contribution >= 0.6 is 11.8 Å². The van der Waals surface area contributed by atoms with Crippen LogP contribution in [0.1, 0.15) is 19.8 Å². The van der Waals surface area contributed by atoms with Crippen molar-refractivity contribution in [2.24, 2.45) is 5.73 Å². The molecule has 1 aliphatic heterocycles. The molecule has 0 aliphatic carbocycles. The summed E-state index contributed by atoms with van der Waals surface area (Å²) in [6.45, 7) is 5.88. The summed E-state index contributed by atoms with van der Waals surface area (Å²) in [6, 6.07) is 0.229. The molecule has 2 atom stereocenters. The highest BCUT2D eigenvalue weighted by Gasteiger charge is 2.22. The van der Waals surface area contributed by atoms with Gasteiger partial charge in [-0.25, -0.2) is 0 Å². The summed E-state index contributed by atoms with van der Waals surface area (Å²) in [7, 11) is 0. The van der Waals surface area contributed by atoms with Crippen molar-refractivity contribution in [3.8, 4) is 0 Å². The fraction of sp³-hybridized carbons (Fsp3) is 0.750. The Morgan fingerprint density at radius 2 is 2.50 bits per heavy atom. The van der Waals surface area contributed by atoms with Crippen LogP contribution in [-0.4, -0.2) is 17.0 Å². The van der Waals surface area contributed by atoms with Gasteiger partial charge < -0.3 is 5.73 Å². The Kier molecular flexibility index (Phi) is 2.81. The quantitative estimate of drug-likeness (QED) is 0.618. The molecule has 58 valence electrons. The second-order valence-electron chi connectivity index (χ2n) is 2.92. The van der Waals surface area contributed by atoms with Crippen molar-refractivity contribution in [2.75, 3.05) is 5.75 Å². The molecule has 0 aromatic carbocycles. The Morgan fingerprint density at radius 1 is 1.80 bits per heavy atom. The van der Waals surface area contributed by atoms with Crippen molar-refractivity contribution >= 4 is 11.8 Å². The molecule has 0 saturated carbocycles. The zero-order valence-electron chi connectivity index (χ0n) is 6.47. The van der Waals surface area contributed by atoms with Gasteiger partial charge in [0.15, 0.2) is 0 Å². The summed E-state index contributed by atoms with van der Waals surface area (Å²) in [5, 5.41) is 0.650. The third-order valence-corrected chi connectivity index (χ3v) is 3.42. The summed E-state index contributed by atoms with van der Waals surface area (Å²) in [5.74, 6) is 1.28. The Bertz CT molecular complexity index is 127. The zero-order chi connectivity index (χ0) is 7.56. The standard InChI is InChI=1S/C8H15NS/c1-6(2)8(9)7-4-3-5-10-7/h7-8H,1,3-5,9H2,2H3. The summed E-state index contributed by atoms with van der Waals surface area (Å²) in [5.41, 5.74) is 7.03. The van der Waals surface area contributed by atoms with Gasteiger partial charge in [0, 0.05) is 11.3 Å². The Hall–Kier alpha value is 0.0500. The van der Waals surface area contributed by atoms with E-state index in [0.29, 0.717) is 5.25 Å². The van der Waals surface area contributed by atoms with Gasteiger partial charge in [-0.2, -0.15) is 11.8 Å². The molecule has 1 rings (SSSR count). The molecule has 2 unspecified atom stereocenters. The van der Waals surface area contributed by atoms with E-state index in [-0.39, 0.29) is 6.04 Å². The minimum atomic E-state index is 0.229. The molecule has 0 aromatic heterocycles. The predicted octanol–water partition coefficient (Wildman–Crippen LogP) is 1.79. The molecule has 2 heteroatoms. The Morgan fingerprint density at radius 3 is 2.90 bits per heavy atom. The van der Waals surface area contributed by atoms with E-state index in [1.54, 1.807) is 0 Å². The first-order valence-electron chi connectivity index (χ1n) is 3.74. The third-order valence-electron chi connectivity index (χ3n) is 1.93. The average Bonchev–Trinajstić information content (AvgIpc) is 2.36. The topological polar surface area (TPSA) is 26.0 Å². The normalized spacial score (nSPS) is 28.4. The SMILES string of the molecule is C=C(C)C(N)C1CCCS1. The van der Waals surface area contributed by atoms with Crippen molar-refractivity contribution in [3.63, 3.8) is 0 Å². The average molecular weight is 157 g/mol. The summed E-state index contributed by atoms with van der Waals surface area (Å²) in [6.07, 6.45) is 2.61. The van der Waals surface area contributed by atoms with E-state index >= 15 is 0 Å². The number of nitrogens with two attached hydrogens (primary N) is 1. The molecule has 0 aromatic rings. The van der Waals surface area contributed by atoms with E-state index in [9.17, 15) is 0 Å². The summed E-state index contributed by atoms with van der Waals surface area (Å²) in [4.78, 5) is 0. The molecular formula is C8H15NS. The number of hydrogen-bond acceptors (Lipinski definition) is 2. The van der Waals surface area contributed by atoms with E-state index in [1.165, 1.54) is 18.6 Å². The van der Waals surface area contributed by atoms with E-state index < -0.39 is 0 Å². The second-order valence-corrected chi connectivity index (χ2v) is 4.27. The van der Waals surface area contributed by atoms with E-state index in [2.05, 4.69) is 6.58 Å². The first-order chi connectivity index (χ1) is 4.72. The number of hydrogen-bond donors (Lipinski definition) is 1. The maximum atomic E-state index is 5.90. The molecule has 0 amide bonds. The molecule has 0 spiro atoms. The predicted molar refractivity (Wildman–Crippen MR) is 48.3 cm³/mol. The molecule has 2 N–H and O–H groups in total. The summed E-state index contributed by atoms with van der Waals surface area (Å²) < 4.78 is 0. The lowest BCUT2D eigenvalue weighted by atomic mass is 10.1. The van der Waals surface area contributed by atoms with Gasteiger partial charge in [-0.3, -0.25) is 0 Å². The van der Waals surface area contributed by atoms with Crippen LogP contribution < -0.4 is 5.73 Å². The maximum Gasteiger partial charge on any atom is 0.0369 e. The van der Waals surface area contributed by atoms with Crippen molar-refractivity contribution in [1.29, 1.82) is 0 Å². The van der Waals surface area contributed by atoms with Crippen molar-refractivity contribution in [3.05, 3.63) is 12.2 Å². The Balaban J connectivity index is 2.39. The summed E-state index contributed by atoms with van der Waals surface area (Å²) >= 11 is 1.99. The highest BCUT2D eigenvalue weighted by Crippen LogP contribution is 2.29. The molecule has 1 saturated heterocycles. The van der Waals surface area contributed by atoms with E-state index in [4.69, 9.17) is 5.73 Å². The van der Waals surface area contributed by atoms with Gasteiger partial charge in [-0.05, 0) is 25.5 Å². The molecule has 10 heavy (non-hydrogen) atoms. The Labute approximate surface area is 67.1 Å². The van der Waals surface area contributed by atoms with Gasteiger partial charge in [0.1, 0.15) is 0 Å². The monoisotopic (exact) mass is 157 g/mol. The fourth-order valence-corrected chi connectivity index (χ4v) is 2.61. The first-order valence-corrected chi connectivity index (χ1v) is 4.79. The number of rotatable bonds is 2. The first kappa shape index (κ1) is 8.15. The van der Waals surface area contributed by atoms with Gasteiger partial charge in [0.25, 0.3) is 0 Å². The largest absolute Gasteiger partial charge is 0.323 e. The number of thioether (sulfide) groups is 1. The highest BCUT2D eigenvalue weighted by molar-refractivity contribution is 8.00. The van der Waals surface area contributed by atoms with Crippen LogP contribution in [0.4, 0.5) is 0 Å². The van der Waals surface area contributed by atoms with Crippen LogP contribution in [0.5, 0.6) is 0 Å². The van der Waals surface area contributed by atoms with Crippen molar-refractivity contribution < 1.29 is 0 Å². The van der Waals surface area contributed by atoms with E-state index in [0.717, 1.165) is 5.57 Å². The molecule has 0 radical (unpaired) electrons. The lowest BCUT2D eigenvalue weighted by Crippen LogP contribution is -2.31. The molecule has 1 nitrogen and oxygen atoms in total. The molecule has 1 heterocycles. The zero-order valence-corrected chi connectivity index (χ0v) is 7.29. The molecule has 1 aliphatic rings. The van der Waals surface area contributed by atoms with Crippen LogP contribution in [0.25, 0.3) is 0 Å². The van der Waals surface area contributed by atoms with Crippen molar-refractivity contribution in [2.45, 2.75) is 31.1 Å². The maximum absolute atomic E-state index is 5.90. The van der Waals surface area contributed by atoms with Crippen LogP contribution in [0, 0.1) is 0 Å². The van der Waals surface area contributed by atoms with Crippen LogP contribution in [0.2, 0.25) is 0 Å². The molecule has 1 fully saturated rings.